The minimum absolute atomic E-state index is 0.221. The van der Waals surface area contributed by atoms with Crippen LogP contribution in [0.2, 0.25) is 0 Å². The topological polar surface area (TPSA) is 56.7 Å². The second kappa shape index (κ2) is 5.31. The van der Waals surface area contributed by atoms with Crippen LogP contribution in [-0.4, -0.2) is 20.8 Å². The molecule has 0 amide bonds. The monoisotopic (exact) mass is 244 g/mol. The van der Waals surface area contributed by atoms with Crippen LogP contribution in [-0.2, 0) is 6.42 Å². The van der Waals surface area contributed by atoms with Crippen LogP contribution in [0.3, 0.4) is 0 Å². The predicted octanol–water partition coefficient (Wildman–Crippen LogP) is 2.16. The Bertz CT molecular complexity index is 530. The summed E-state index contributed by atoms with van der Waals surface area (Å²) in [6.45, 7) is 5.98. The molecular weight excluding hydrogens is 224 g/mol. The van der Waals surface area contributed by atoms with E-state index in [1.54, 1.807) is 0 Å². The smallest absolute Gasteiger partial charge is 0.148 e. The van der Waals surface area contributed by atoms with Gasteiger partial charge in [-0.15, -0.1) is 0 Å². The third-order valence-corrected chi connectivity index (χ3v) is 3.05. The van der Waals surface area contributed by atoms with Gasteiger partial charge in [0.25, 0.3) is 0 Å². The molecule has 1 aromatic carbocycles. The molecule has 0 saturated heterocycles. The van der Waals surface area contributed by atoms with Crippen molar-refractivity contribution in [3.8, 4) is 5.69 Å². The van der Waals surface area contributed by atoms with Crippen molar-refractivity contribution in [2.75, 3.05) is 0 Å². The van der Waals surface area contributed by atoms with Crippen molar-refractivity contribution in [3.63, 3.8) is 0 Å². The predicted molar refractivity (Wildman–Crippen MR) is 72.8 cm³/mol. The van der Waals surface area contributed by atoms with E-state index in [4.69, 9.17) is 5.73 Å². The first kappa shape index (κ1) is 12.8. The lowest BCUT2D eigenvalue weighted by Gasteiger charge is -2.10. The van der Waals surface area contributed by atoms with E-state index in [-0.39, 0.29) is 6.04 Å². The van der Waals surface area contributed by atoms with Gasteiger partial charge in [0, 0.05) is 6.04 Å². The zero-order valence-corrected chi connectivity index (χ0v) is 11.2. The quantitative estimate of drug-likeness (QED) is 0.896. The molecule has 2 rings (SSSR count). The molecule has 0 spiro atoms. The first-order valence-electron chi connectivity index (χ1n) is 6.35. The van der Waals surface area contributed by atoms with Crippen molar-refractivity contribution in [3.05, 3.63) is 41.5 Å². The number of nitrogens with two attached hydrogens (primary N) is 1. The van der Waals surface area contributed by atoms with E-state index < -0.39 is 0 Å². The zero-order chi connectivity index (χ0) is 13.1. The highest BCUT2D eigenvalue weighted by molar-refractivity contribution is 5.36. The first-order valence-corrected chi connectivity index (χ1v) is 6.35. The van der Waals surface area contributed by atoms with Gasteiger partial charge in [-0.2, -0.15) is 5.10 Å². The number of benzene rings is 1. The van der Waals surface area contributed by atoms with Crippen molar-refractivity contribution in [2.24, 2.45) is 5.73 Å². The van der Waals surface area contributed by atoms with E-state index in [2.05, 4.69) is 29.1 Å². The molecule has 96 valence electrons. The van der Waals surface area contributed by atoms with Crippen molar-refractivity contribution in [2.45, 2.75) is 39.7 Å². The lowest BCUT2D eigenvalue weighted by molar-refractivity contribution is 0.646. The van der Waals surface area contributed by atoms with Crippen molar-refractivity contribution < 1.29 is 0 Å². The molecule has 1 heterocycles. The number of aromatic nitrogens is 3. The standard InChI is InChI=1S/C14H20N4/c1-4-13(15)8-12-6-5-7-14(9-12)18-11(3)16-10(2)17-18/h5-7,9,13H,4,8,15H2,1-3H3. The maximum atomic E-state index is 5.99. The Morgan fingerprint density at radius 2 is 2.11 bits per heavy atom. The molecule has 0 aliphatic heterocycles. The zero-order valence-electron chi connectivity index (χ0n) is 11.2. The summed E-state index contributed by atoms with van der Waals surface area (Å²) < 4.78 is 1.87. The normalized spacial score (nSPS) is 12.7. The van der Waals surface area contributed by atoms with Crippen LogP contribution in [0.4, 0.5) is 0 Å². The molecule has 0 bridgehead atoms. The lowest BCUT2D eigenvalue weighted by atomic mass is 10.0. The summed E-state index contributed by atoms with van der Waals surface area (Å²) in [5.41, 5.74) is 8.29. The summed E-state index contributed by atoms with van der Waals surface area (Å²) in [5, 5.41) is 4.40. The van der Waals surface area contributed by atoms with Gasteiger partial charge in [-0.3, -0.25) is 0 Å². The van der Waals surface area contributed by atoms with Crippen LogP contribution < -0.4 is 5.73 Å². The van der Waals surface area contributed by atoms with Crippen LogP contribution in [0.25, 0.3) is 5.69 Å². The average Bonchev–Trinajstić information content (AvgIpc) is 2.68. The third kappa shape index (κ3) is 2.76. The minimum Gasteiger partial charge on any atom is -0.327 e. The van der Waals surface area contributed by atoms with Crippen LogP contribution in [0.5, 0.6) is 0 Å². The van der Waals surface area contributed by atoms with Gasteiger partial charge in [-0.1, -0.05) is 19.1 Å². The molecule has 2 aromatic rings. The Morgan fingerprint density at radius 1 is 1.33 bits per heavy atom. The summed E-state index contributed by atoms with van der Waals surface area (Å²) in [6.07, 6.45) is 1.89. The molecule has 0 saturated carbocycles. The Balaban J connectivity index is 2.29. The van der Waals surface area contributed by atoms with Crippen LogP contribution in [0.1, 0.15) is 30.6 Å². The summed E-state index contributed by atoms with van der Waals surface area (Å²) in [6, 6.07) is 8.55. The Labute approximate surface area is 108 Å². The number of nitrogens with zero attached hydrogens (tertiary/aromatic N) is 3. The van der Waals surface area contributed by atoms with Gasteiger partial charge in [-0.05, 0) is 44.4 Å². The fourth-order valence-electron chi connectivity index (χ4n) is 2.03. The molecule has 0 fully saturated rings. The van der Waals surface area contributed by atoms with Crippen molar-refractivity contribution in [1.29, 1.82) is 0 Å². The fourth-order valence-corrected chi connectivity index (χ4v) is 2.03. The largest absolute Gasteiger partial charge is 0.327 e. The molecule has 0 radical (unpaired) electrons. The molecule has 4 heteroatoms. The highest BCUT2D eigenvalue weighted by Crippen LogP contribution is 2.13. The molecule has 1 unspecified atom stereocenters. The molecular formula is C14H20N4. The maximum Gasteiger partial charge on any atom is 0.148 e. The van der Waals surface area contributed by atoms with Crippen LogP contribution in [0.15, 0.2) is 24.3 Å². The highest BCUT2D eigenvalue weighted by Gasteiger charge is 2.07. The molecule has 4 nitrogen and oxygen atoms in total. The Hall–Kier alpha value is -1.68. The van der Waals surface area contributed by atoms with Gasteiger partial charge >= 0.3 is 0 Å². The number of aryl methyl sites for hydroxylation is 2. The van der Waals surface area contributed by atoms with Gasteiger partial charge in [0.05, 0.1) is 5.69 Å². The number of hydrogen-bond acceptors (Lipinski definition) is 3. The van der Waals surface area contributed by atoms with Crippen LogP contribution in [0, 0.1) is 13.8 Å². The van der Waals surface area contributed by atoms with E-state index in [1.165, 1.54) is 5.56 Å². The third-order valence-electron chi connectivity index (χ3n) is 3.05. The molecule has 1 atom stereocenters. The van der Waals surface area contributed by atoms with Gasteiger partial charge in [0.2, 0.25) is 0 Å². The van der Waals surface area contributed by atoms with E-state index in [9.17, 15) is 0 Å². The van der Waals surface area contributed by atoms with E-state index in [1.807, 2.05) is 30.7 Å². The van der Waals surface area contributed by atoms with Crippen LogP contribution >= 0.6 is 0 Å². The van der Waals surface area contributed by atoms with Gasteiger partial charge in [0.15, 0.2) is 0 Å². The fraction of sp³-hybridized carbons (Fsp3) is 0.429. The van der Waals surface area contributed by atoms with Crippen molar-refractivity contribution >= 4 is 0 Å². The van der Waals surface area contributed by atoms with Gasteiger partial charge in [0.1, 0.15) is 11.6 Å². The second-order valence-corrected chi connectivity index (χ2v) is 4.66. The lowest BCUT2D eigenvalue weighted by Crippen LogP contribution is -2.21. The van der Waals surface area contributed by atoms with E-state index in [0.29, 0.717) is 0 Å². The summed E-state index contributed by atoms with van der Waals surface area (Å²) in [5.74, 6) is 1.70. The highest BCUT2D eigenvalue weighted by atomic mass is 15.3. The number of hydrogen-bond donors (Lipinski definition) is 1. The van der Waals surface area contributed by atoms with Gasteiger partial charge in [-0.25, -0.2) is 9.67 Å². The molecule has 18 heavy (non-hydrogen) atoms. The molecule has 0 aliphatic rings. The van der Waals surface area contributed by atoms with Crippen molar-refractivity contribution in [1.82, 2.24) is 14.8 Å². The Morgan fingerprint density at radius 3 is 2.72 bits per heavy atom. The molecule has 2 N–H and O–H groups in total. The first-order chi connectivity index (χ1) is 8.60. The maximum absolute atomic E-state index is 5.99. The SMILES string of the molecule is CCC(N)Cc1cccc(-n2nc(C)nc2C)c1. The van der Waals surface area contributed by atoms with E-state index in [0.717, 1.165) is 30.2 Å². The molecule has 1 aromatic heterocycles. The number of rotatable bonds is 4. The van der Waals surface area contributed by atoms with Gasteiger partial charge < -0.3 is 5.73 Å². The summed E-state index contributed by atoms with van der Waals surface area (Å²) >= 11 is 0. The van der Waals surface area contributed by atoms with E-state index >= 15 is 0 Å². The molecule has 0 aliphatic carbocycles. The minimum atomic E-state index is 0.221. The second-order valence-electron chi connectivity index (χ2n) is 4.66. The average molecular weight is 244 g/mol. The summed E-state index contributed by atoms with van der Waals surface area (Å²) in [4.78, 5) is 4.32. The summed E-state index contributed by atoms with van der Waals surface area (Å²) in [7, 11) is 0. The Kier molecular flexibility index (Phi) is 3.77.